The molecule has 3 aromatic rings. The molecule has 1 aliphatic rings. The van der Waals surface area contributed by atoms with Gasteiger partial charge in [-0.05, 0) is 43.9 Å². The van der Waals surface area contributed by atoms with E-state index in [1.54, 1.807) is 23.9 Å². The number of imidazole rings is 1. The van der Waals surface area contributed by atoms with E-state index >= 15 is 0 Å². The summed E-state index contributed by atoms with van der Waals surface area (Å²) in [6.07, 6.45) is 12.4. The minimum atomic E-state index is -0.122. The number of hydrogen-bond acceptors (Lipinski definition) is 4. The molecular formula is C19H20N4OS. The minimum absolute atomic E-state index is 0.122. The maximum absolute atomic E-state index is 12.6. The van der Waals surface area contributed by atoms with E-state index in [2.05, 4.69) is 15.3 Å². The highest BCUT2D eigenvalue weighted by molar-refractivity contribution is 7.15. The van der Waals surface area contributed by atoms with Crippen molar-refractivity contribution in [2.24, 2.45) is 0 Å². The Labute approximate surface area is 150 Å². The van der Waals surface area contributed by atoms with E-state index in [0.717, 1.165) is 18.5 Å². The number of fused-ring (bicyclic) bond motifs is 1. The summed E-state index contributed by atoms with van der Waals surface area (Å²) >= 11 is 1.62. The lowest BCUT2D eigenvalue weighted by atomic mass is 10.0. The van der Waals surface area contributed by atoms with Crippen LogP contribution in [0.5, 0.6) is 0 Å². The van der Waals surface area contributed by atoms with Crippen molar-refractivity contribution in [3.05, 3.63) is 59.1 Å². The van der Waals surface area contributed by atoms with Crippen LogP contribution in [-0.2, 0) is 12.8 Å². The molecule has 6 heteroatoms. The van der Waals surface area contributed by atoms with E-state index in [0.29, 0.717) is 10.7 Å². The first-order valence-corrected chi connectivity index (χ1v) is 9.49. The van der Waals surface area contributed by atoms with E-state index in [-0.39, 0.29) is 5.91 Å². The molecule has 128 valence electrons. The Bertz CT molecular complexity index is 844. The summed E-state index contributed by atoms with van der Waals surface area (Å²) < 4.78 is 1.88. The van der Waals surface area contributed by atoms with E-state index in [9.17, 15) is 4.79 Å². The van der Waals surface area contributed by atoms with Gasteiger partial charge in [-0.2, -0.15) is 0 Å². The molecule has 0 bridgehead atoms. The Morgan fingerprint density at radius 2 is 2.04 bits per heavy atom. The minimum Gasteiger partial charge on any atom is -0.306 e. The number of thiazole rings is 1. The van der Waals surface area contributed by atoms with Crippen LogP contribution in [0.15, 0.2) is 43.0 Å². The van der Waals surface area contributed by atoms with Crippen LogP contribution in [0, 0.1) is 0 Å². The summed E-state index contributed by atoms with van der Waals surface area (Å²) in [5.41, 5.74) is 2.71. The van der Waals surface area contributed by atoms with Crippen molar-refractivity contribution in [2.75, 3.05) is 5.32 Å². The van der Waals surface area contributed by atoms with Crippen LogP contribution in [0.1, 0.15) is 46.6 Å². The summed E-state index contributed by atoms with van der Waals surface area (Å²) in [6, 6.07) is 7.51. The second-order valence-electron chi connectivity index (χ2n) is 6.28. The third-order valence-corrected chi connectivity index (χ3v) is 5.55. The number of nitrogens with zero attached hydrogens (tertiary/aromatic N) is 3. The van der Waals surface area contributed by atoms with Gasteiger partial charge in [-0.3, -0.25) is 10.1 Å². The molecular weight excluding hydrogens is 332 g/mol. The van der Waals surface area contributed by atoms with E-state index in [1.165, 1.54) is 36.3 Å². The molecule has 1 amide bonds. The molecule has 0 saturated heterocycles. The van der Waals surface area contributed by atoms with E-state index in [1.807, 2.05) is 35.0 Å². The van der Waals surface area contributed by atoms with E-state index in [4.69, 9.17) is 0 Å². The van der Waals surface area contributed by atoms with Gasteiger partial charge < -0.3 is 4.57 Å². The summed E-state index contributed by atoms with van der Waals surface area (Å²) in [5, 5.41) is 3.69. The largest absolute Gasteiger partial charge is 0.306 e. The Morgan fingerprint density at radius 3 is 2.88 bits per heavy atom. The molecule has 0 unspecified atom stereocenters. The average Bonchev–Trinajstić information content (AvgIpc) is 3.26. The highest BCUT2D eigenvalue weighted by Gasteiger charge is 2.15. The zero-order chi connectivity index (χ0) is 17.1. The molecule has 2 heterocycles. The summed E-state index contributed by atoms with van der Waals surface area (Å²) in [6.45, 7) is 0. The SMILES string of the molecule is O=C(Nc1nc2c(s1)CCCCCC2)c1cccc(-n2ccnc2)c1. The van der Waals surface area contributed by atoms with Crippen molar-refractivity contribution in [1.29, 1.82) is 0 Å². The first kappa shape index (κ1) is 16.0. The van der Waals surface area contributed by atoms with Gasteiger partial charge in [0.25, 0.3) is 5.91 Å². The van der Waals surface area contributed by atoms with Crippen molar-refractivity contribution in [2.45, 2.75) is 38.5 Å². The number of amides is 1. The molecule has 25 heavy (non-hydrogen) atoms. The number of nitrogens with one attached hydrogen (secondary N) is 1. The van der Waals surface area contributed by atoms with E-state index < -0.39 is 0 Å². The fourth-order valence-electron chi connectivity index (χ4n) is 3.15. The maximum atomic E-state index is 12.6. The number of aromatic nitrogens is 3. The van der Waals surface area contributed by atoms with Crippen molar-refractivity contribution in [3.63, 3.8) is 0 Å². The van der Waals surface area contributed by atoms with Gasteiger partial charge in [-0.1, -0.05) is 18.9 Å². The van der Waals surface area contributed by atoms with Gasteiger partial charge >= 0.3 is 0 Å². The average molecular weight is 352 g/mol. The van der Waals surface area contributed by atoms with Gasteiger partial charge in [-0.25, -0.2) is 9.97 Å². The number of benzene rings is 1. The van der Waals surface area contributed by atoms with Crippen LogP contribution in [0.2, 0.25) is 0 Å². The van der Waals surface area contributed by atoms with Gasteiger partial charge in [0.1, 0.15) is 0 Å². The third-order valence-electron chi connectivity index (χ3n) is 4.48. The predicted octanol–water partition coefficient (Wildman–Crippen LogP) is 4.24. The Balaban J connectivity index is 1.52. The molecule has 5 nitrogen and oxygen atoms in total. The predicted molar refractivity (Wildman–Crippen MR) is 99.5 cm³/mol. The zero-order valence-corrected chi connectivity index (χ0v) is 14.8. The monoisotopic (exact) mass is 352 g/mol. The van der Waals surface area contributed by atoms with Crippen molar-refractivity contribution in [3.8, 4) is 5.69 Å². The molecule has 0 atom stereocenters. The van der Waals surface area contributed by atoms with Gasteiger partial charge in [0.15, 0.2) is 5.13 Å². The highest BCUT2D eigenvalue weighted by atomic mass is 32.1. The van der Waals surface area contributed by atoms with Crippen LogP contribution in [0.4, 0.5) is 5.13 Å². The molecule has 1 N–H and O–H groups in total. The fourth-order valence-corrected chi connectivity index (χ4v) is 4.19. The highest BCUT2D eigenvalue weighted by Crippen LogP contribution is 2.28. The molecule has 0 radical (unpaired) electrons. The summed E-state index contributed by atoms with van der Waals surface area (Å²) in [7, 11) is 0. The molecule has 4 rings (SSSR count). The second-order valence-corrected chi connectivity index (χ2v) is 7.36. The Kier molecular flexibility index (Phi) is 4.61. The smallest absolute Gasteiger partial charge is 0.257 e. The standard InChI is InChI=1S/C19H20N4OS/c24-18(14-6-5-7-15(12-14)23-11-10-20-13-23)22-19-21-16-8-3-1-2-4-9-17(16)25-19/h5-7,10-13H,1-4,8-9H2,(H,21,22,24). The molecule has 0 saturated carbocycles. The quantitative estimate of drug-likeness (QED) is 0.767. The topological polar surface area (TPSA) is 59.8 Å². The lowest BCUT2D eigenvalue weighted by Crippen LogP contribution is -2.12. The lowest BCUT2D eigenvalue weighted by molar-refractivity contribution is 0.102. The molecule has 0 fully saturated rings. The summed E-state index contributed by atoms with van der Waals surface area (Å²) in [4.78, 5) is 22.7. The third kappa shape index (κ3) is 3.64. The van der Waals surface area contributed by atoms with Crippen LogP contribution < -0.4 is 5.32 Å². The van der Waals surface area contributed by atoms with Crippen molar-refractivity contribution in [1.82, 2.24) is 14.5 Å². The van der Waals surface area contributed by atoms with Crippen LogP contribution in [-0.4, -0.2) is 20.4 Å². The molecule has 1 aromatic carbocycles. The van der Waals surface area contributed by atoms with Crippen LogP contribution in [0.3, 0.4) is 0 Å². The Hall–Kier alpha value is -2.47. The number of anilines is 1. The zero-order valence-electron chi connectivity index (χ0n) is 13.9. The second kappa shape index (κ2) is 7.19. The number of carbonyl (C=O) groups excluding carboxylic acids is 1. The van der Waals surface area contributed by atoms with Gasteiger partial charge in [-0.15, -0.1) is 11.3 Å². The number of aryl methyl sites for hydroxylation is 2. The van der Waals surface area contributed by atoms with Gasteiger partial charge in [0.05, 0.1) is 12.0 Å². The number of hydrogen-bond donors (Lipinski definition) is 1. The lowest BCUT2D eigenvalue weighted by Gasteiger charge is -2.06. The summed E-state index contributed by atoms with van der Waals surface area (Å²) in [5.74, 6) is -0.122. The fraction of sp³-hybridized carbons (Fsp3) is 0.316. The van der Waals surface area contributed by atoms with Crippen LogP contribution in [0.25, 0.3) is 5.69 Å². The van der Waals surface area contributed by atoms with Crippen LogP contribution >= 0.6 is 11.3 Å². The molecule has 0 aliphatic heterocycles. The first-order chi connectivity index (χ1) is 12.3. The normalized spacial score (nSPS) is 14.4. The van der Waals surface area contributed by atoms with Gasteiger partial charge in [0, 0.05) is 28.5 Å². The van der Waals surface area contributed by atoms with Gasteiger partial charge in [0.2, 0.25) is 0 Å². The molecule has 0 spiro atoms. The number of carbonyl (C=O) groups is 1. The van der Waals surface area contributed by atoms with Crippen molar-refractivity contribution < 1.29 is 4.79 Å². The van der Waals surface area contributed by atoms with Crippen molar-refractivity contribution >= 4 is 22.4 Å². The first-order valence-electron chi connectivity index (χ1n) is 8.68. The maximum Gasteiger partial charge on any atom is 0.257 e. The molecule has 1 aliphatic carbocycles. The number of rotatable bonds is 3. The Morgan fingerprint density at radius 1 is 1.16 bits per heavy atom. The molecule has 2 aromatic heterocycles.